The predicted octanol–water partition coefficient (Wildman–Crippen LogP) is 1.66. The molecule has 13 heavy (non-hydrogen) atoms. The number of hydrogen-bond donors (Lipinski definition) is 0. The van der Waals surface area contributed by atoms with Gasteiger partial charge in [0.2, 0.25) is 5.95 Å². The number of rotatable bonds is 5. The first kappa shape index (κ1) is 9.45. The molecule has 1 rings (SSSR count). The number of aromatic nitrogens is 2. The molecule has 0 unspecified atom stereocenters. The summed E-state index contributed by atoms with van der Waals surface area (Å²) in [6, 6.07) is 1.80. The Morgan fingerprint density at radius 3 is 2.15 bits per heavy atom. The molecular formula is C10H13N3. The van der Waals surface area contributed by atoms with Gasteiger partial charge in [0.1, 0.15) is 0 Å². The lowest BCUT2D eigenvalue weighted by atomic mass is 10.4. The second kappa shape index (κ2) is 5.09. The third-order valence-electron chi connectivity index (χ3n) is 1.53. The van der Waals surface area contributed by atoms with Gasteiger partial charge in [0.05, 0.1) is 0 Å². The van der Waals surface area contributed by atoms with Crippen LogP contribution in [0.4, 0.5) is 5.95 Å². The molecule has 0 saturated heterocycles. The van der Waals surface area contributed by atoms with Crippen LogP contribution in [0.5, 0.6) is 0 Å². The Bertz CT molecular complexity index is 259. The van der Waals surface area contributed by atoms with E-state index in [4.69, 9.17) is 0 Å². The summed E-state index contributed by atoms with van der Waals surface area (Å²) >= 11 is 0. The summed E-state index contributed by atoms with van der Waals surface area (Å²) in [7, 11) is 0. The van der Waals surface area contributed by atoms with Gasteiger partial charge in [-0.2, -0.15) is 0 Å². The molecule has 1 aromatic heterocycles. The predicted molar refractivity (Wildman–Crippen MR) is 54.6 cm³/mol. The van der Waals surface area contributed by atoms with E-state index < -0.39 is 0 Å². The van der Waals surface area contributed by atoms with E-state index >= 15 is 0 Å². The molecule has 3 nitrogen and oxygen atoms in total. The molecule has 1 heterocycles. The molecule has 0 aliphatic rings. The maximum Gasteiger partial charge on any atom is 0.225 e. The summed E-state index contributed by atoms with van der Waals surface area (Å²) in [6.45, 7) is 8.82. The maximum atomic E-state index is 4.14. The fourth-order valence-corrected chi connectivity index (χ4v) is 1.00. The van der Waals surface area contributed by atoms with Crippen molar-refractivity contribution in [3.05, 3.63) is 43.8 Å². The monoisotopic (exact) mass is 175 g/mol. The lowest BCUT2D eigenvalue weighted by molar-refractivity contribution is 0.889. The van der Waals surface area contributed by atoms with Crippen LogP contribution in [0, 0.1) is 0 Å². The Hall–Kier alpha value is -1.64. The van der Waals surface area contributed by atoms with Crippen molar-refractivity contribution < 1.29 is 0 Å². The van der Waals surface area contributed by atoms with Gasteiger partial charge in [-0.15, -0.1) is 13.2 Å². The quantitative estimate of drug-likeness (QED) is 0.637. The number of nitrogens with zero attached hydrogens (tertiary/aromatic N) is 3. The van der Waals surface area contributed by atoms with Crippen molar-refractivity contribution in [2.75, 3.05) is 18.0 Å². The zero-order valence-electron chi connectivity index (χ0n) is 7.56. The number of hydrogen-bond acceptors (Lipinski definition) is 3. The third kappa shape index (κ3) is 2.71. The SMILES string of the molecule is C=CCN(CC=C)c1ncccn1. The van der Waals surface area contributed by atoms with Crippen molar-refractivity contribution >= 4 is 5.95 Å². The average molecular weight is 175 g/mol. The Morgan fingerprint density at radius 2 is 1.69 bits per heavy atom. The van der Waals surface area contributed by atoms with Gasteiger partial charge < -0.3 is 4.90 Å². The van der Waals surface area contributed by atoms with Gasteiger partial charge in [0, 0.05) is 25.5 Å². The van der Waals surface area contributed by atoms with Crippen LogP contribution in [0.2, 0.25) is 0 Å². The van der Waals surface area contributed by atoms with Crippen LogP contribution >= 0.6 is 0 Å². The summed E-state index contributed by atoms with van der Waals surface area (Å²) in [5.74, 6) is 0.710. The zero-order chi connectivity index (χ0) is 9.52. The molecule has 0 fully saturated rings. The highest BCUT2D eigenvalue weighted by Crippen LogP contribution is 2.03. The van der Waals surface area contributed by atoms with E-state index in [9.17, 15) is 0 Å². The van der Waals surface area contributed by atoms with Gasteiger partial charge in [0.15, 0.2) is 0 Å². The van der Waals surface area contributed by atoms with Gasteiger partial charge in [-0.25, -0.2) is 9.97 Å². The van der Waals surface area contributed by atoms with Crippen LogP contribution in [0.25, 0.3) is 0 Å². The summed E-state index contributed by atoms with van der Waals surface area (Å²) < 4.78 is 0. The molecule has 0 saturated carbocycles. The van der Waals surface area contributed by atoms with E-state index in [-0.39, 0.29) is 0 Å². The van der Waals surface area contributed by atoms with E-state index in [1.54, 1.807) is 18.5 Å². The Kier molecular flexibility index (Phi) is 3.70. The normalized spacial score (nSPS) is 9.23. The Balaban J connectivity index is 2.75. The van der Waals surface area contributed by atoms with Gasteiger partial charge >= 0.3 is 0 Å². The van der Waals surface area contributed by atoms with E-state index in [2.05, 4.69) is 23.1 Å². The van der Waals surface area contributed by atoms with Crippen LogP contribution in [0.3, 0.4) is 0 Å². The summed E-state index contributed by atoms with van der Waals surface area (Å²) in [5.41, 5.74) is 0. The van der Waals surface area contributed by atoms with Crippen molar-refractivity contribution in [1.29, 1.82) is 0 Å². The molecule has 68 valence electrons. The lowest BCUT2D eigenvalue weighted by Crippen LogP contribution is -2.24. The molecule has 0 radical (unpaired) electrons. The van der Waals surface area contributed by atoms with Crippen molar-refractivity contribution in [3.63, 3.8) is 0 Å². The molecule has 0 N–H and O–H groups in total. The molecule has 0 amide bonds. The van der Waals surface area contributed by atoms with Crippen LogP contribution in [0.1, 0.15) is 0 Å². The van der Waals surface area contributed by atoms with Gasteiger partial charge in [0.25, 0.3) is 0 Å². The minimum absolute atomic E-state index is 0.710. The first-order valence-corrected chi connectivity index (χ1v) is 4.12. The summed E-state index contributed by atoms with van der Waals surface area (Å²) in [6.07, 6.45) is 7.09. The van der Waals surface area contributed by atoms with Crippen molar-refractivity contribution in [1.82, 2.24) is 9.97 Å². The van der Waals surface area contributed by atoms with Gasteiger partial charge in [-0.3, -0.25) is 0 Å². The van der Waals surface area contributed by atoms with Gasteiger partial charge in [-0.05, 0) is 6.07 Å². The molecular weight excluding hydrogens is 162 g/mol. The summed E-state index contributed by atoms with van der Waals surface area (Å²) in [5, 5.41) is 0. The molecule has 0 spiro atoms. The van der Waals surface area contributed by atoms with Gasteiger partial charge in [-0.1, -0.05) is 12.2 Å². The molecule has 0 aliphatic heterocycles. The van der Waals surface area contributed by atoms with E-state index in [1.165, 1.54) is 0 Å². The van der Waals surface area contributed by atoms with Crippen LogP contribution in [0.15, 0.2) is 43.8 Å². The zero-order valence-corrected chi connectivity index (χ0v) is 7.56. The van der Waals surface area contributed by atoms with Crippen LogP contribution in [-0.4, -0.2) is 23.1 Å². The highest BCUT2D eigenvalue weighted by atomic mass is 15.2. The van der Waals surface area contributed by atoms with Crippen LogP contribution in [-0.2, 0) is 0 Å². The second-order valence-corrected chi connectivity index (χ2v) is 2.53. The summed E-state index contributed by atoms with van der Waals surface area (Å²) in [4.78, 5) is 10.3. The first-order valence-electron chi connectivity index (χ1n) is 4.12. The smallest absolute Gasteiger partial charge is 0.225 e. The van der Waals surface area contributed by atoms with E-state index in [0.717, 1.165) is 13.1 Å². The Labute approximate surface area is 78.4 Å². The molecule has 0 atom stereocenters. The number of anilines is 1. The van der Waals surface area contributed by atoms with Crippen LogP contribution < -0.4 is 4.90 Å². The topological polar surface area (TPSA) is 29.0 Å². The fourth-order valence-electron chi connectivity index (χ4n) is 1.00. The third-order valence-corrected chi connectivity index (χ3v) is 1.53. The van der Waals surface area contributed by atoms with E-state index in [1.807, 2.05) is 17.1 Å². The largest absolute Gasteiger partial charge is 0.333 e. The Morgan fingerprint density at radius 1 is 1.15 bits per heavy atom. The van der Waals surface area contributed by atoms with Crippen molar-refractivity contribution in [2.24, 2.45) is 0 Å². The minimum Gasteiger partial charge on any atom is -0.333 e. The van der Waals surface area contributed by atoms with Crippen molar-refractivity contribution in [3.8, 4) is 0 Å². The lowest BCUT2D eigenvalue weighted by Gasteiger charge is -2.18. The maximum absolute atomic E-state index is 4.14. The minimum atomic E-state index is 0.710. The molecule has 3 heteroatoms. The average Bonchev–Trinajstić information content (AvgIpc) is 2.19. The molecule has 0 aliphatic carbocycles. The standard InChI is InChI=1S/C10H13N3/c1-3-8-13(9-4-2)10-11-6-5-7-12-10/h3-7H,1-2,8-9H2. The highest BCUT2D eigenvalue weighted by molar-refractivity contribution is 5.30. The highest BCUT2D eigenvalue weighted by Gasteiger charge is 2.03. The fraction of sp³-hybridized carbons (Fsp3) is 0.200. The molecule has 0 bridgehead atoms. The first-order chi connectivity index (χ1) is 6.38. The second-order valence-electron chi connectivity index (χ2n) is 2.53. The molecule has 0 aromatic carbocycles. The molecule has 1 aromatic rings. The van der Waals surface area contributed by atoms with Crippen molar-refractivity contribution in [2.45, 2.75) is 0 Å². The van der Waals surface area contributed by atoms with E-state index in [0.29, 0.717) is 5.95 Å².